The molecule has 0 radical (unpaired) electrons. The average molecular weight is 314 g/mol. The summed E-state index contributed by atoms with van der Waals surface area (Å²) in [6.07, 6.45) is -0.356. The third-order valence-corrected chi connectivity index (χ3v) is 3.78. The summed E-state index contributed by atoms with van der Waals surface area (Å²) < 4.78 is 13.1. The molecular weight excluding hydrogens is 299 g/mol. The highest BCUT2D eigenvalue weighted by Gasteiger charge is 2.33. The molecule has 1 aliphatic carbocycles. The Morgan fingerprint density at radius 3 is 2.65 bits per heavy atom. The molecule has 0 aromatic heterocycles. The summed E-state index contributed by atoms with van der Waals surface area (Å²) >= 11 is 0. The zero-order valence-corrected chi connectivity index (χ0v) is 12.1. The second-order valence-electron chi connectivity index (χ2n) is 5.39. The van der Waals surface area contributed by atoms with Gasteiger partial charge in [0.05, 0.1) is 12.1 Å². The maximum absolute atomic E-state index is 13.1. The largest absolute Gasteiger partial charge is 0.390 e. The van der Waals surface area contributed by atoms with Gasteiger partial charge in [0.25, 0.3) is 0 Å². The molecule has 3 N–H and O–H groups in total. The van der Waals surface area contributed by atoms with Crippen LogP contribution in [0, 0.1) is 5.82 Å². The molecule has 2 amide bonds. The summed E-state index contributed by atoms with van der Waals surface area (Å²) in [5.74, 6) is -2.30. The molecule has 0 spiro atoms. The van der Waals surface area contributed by atoms with Crippen molar-refractivity contribution in [1.29, 1.82) is 0 Å². The molecule has 0 saturated carbocycles. The summed E-state index contributed by atoms with van der Waals surface area (Å²) in [6.45, 7) is 0. The number of aliphatic hydroxyl groups excluding tert-OH is 1. The Hall–Kier alpha value is -2.73. The number of hydrogen-bond donors (Lipinski definition) is 3. The Bertz CT molecular complexity index is 763. The fraction of sp³-hybridized carbons (Fsp3) is 0.176. The number of nitrogens with one attached hydrogen (secondary N) is 2. The zero-order chi connectivity index (χ0) is 16.4. The third-order valence-electron chi connectivity index (χ3n) is 3.78. The number of carbonyl (C=O) groups excluding carboxylic acids is 2. The van der Waals surface area contributed by atoms with Crippen molar-refractivity contribution in [2.24, 2.45) is 0 Å². The molecule has 0 heterocycles. The summed E-state index contributed by atoms with van der Waals surface area (Å²) in [5.41, 5.74) is 1.93. The number of fused-ring (bicyclic) bond motifs is 1. The molecule has 3 rings (SSSR count). The maximum Gasteiger partial charge on any atom is 0.313 e. The Kier molecular flexibility index (Phi) is 4.08. The fourth-order valence-corrected chi connectivity index (χ4v) is 2.71. The van der Waals surface area contributed by atoms with Gasteiger partial charge in [-0.25, -0.2) is 4.39 Å². The van der Waals surface area contributed by atoms with Crippen LogP contribution in [0.2, 0.25) is 0 Å². The van der Waals surface area contributed by atoms with E-state index < -0.39 is 29.8 Å². The maximum atomic E-state index is 13.1. The van der Waals surface area contributed by atoms with E-state index in [1.165, 1.54) is 18.2 Å². The van der Waals surface area contributed by atoms with Gasteiger partial charge in [-0.15, -0.1) is 0 Å². The number of rotatable bonds is 2. The highest BCUT2D eigenvalue weighted by Crippen LogP contribution is 2.31. The smallest absolute Gasteiger partial charge is 0.313 e. The molecular formula is C17H15FN2O3. The lowest BCUT2D eigenvalue weighted by atomic mass is 10.1. The van der Waals surface area contributed by atoms with E-state index >= 15 is 0 Å². The van der Waals surface area contributed by atoms with Gasteiger partial charge in [0.1, 0.15) is 5.82 Å². The molecule has 6 heteroatoms. The number of amides is 2. The van der Waals surface area contributed by atoms with Crippen molar-refractivity contribution >= 4 is 17.5 Å². The molecule has 2 unspecified atom stereocenters. The van der Waals surface area contributed by atoms with Crippen LogP contribution < -0.4 is 10.6 Å². The fourth-order valence-electron chi connectivity index (χ4n) is 2.71. The molecule has 0 fully saturated rings. The molecule has 2 atom stereocenters. The van der Waals surface area contributed by atoms with E-state index in [1.807, 2.05) is 18.2 Å². The molecule has 2 aromatic rings. The number of aliphatic hydroxyl groups is 1. The van der Waals surface area contributed by atoms with E-state index in [4.69, 9.17) is 0 Å². The van der Waals surface area contributed by atoms with Gasteiger partial charge in [0, 0.05) is 12.1 Å². The quantitative estimate of drug-likeness (QED) is 0.736. The van der Waals surface area contributed by atoms with Gasteiger partial charge in [-0.1, -0.05) is 30.3 Å². The van der Waals surface area contributed by atoms with E-state index in [9.17, 15) is 19.1 Å². The summed E-state index contributed by atoms with van der Waals surface area (Å²) in [4.78, 5) is 23.9. The summed E-state index contributed by atoms with van der Waals surface area (Å²) in [6, 6.07) is 12.0. The number of halogens is 1. The minimum Gasteiger partial charge on any atom is -0.390 e. The van der Waals surface area contributed by atoms with Crippen LogP contribution in [0.15, 0.2) is 48.5 Å². The lowest BCUT2D eigenvalue weighted by Gasteiger charge is -2.17. The van der Waals surface area contributed by atoms with Gasteiger partial charge < -0.3 is 15.7 Å². The zero-order valence-electron chi connectivity index (χ0n) is 12.1. The normalized spacial score (nSPS) is 19.0. The first-order valence-corrected chi connectivity index (χ1v) is 7.18. The van der Waals surface area contributed by atoms with Crippen LogP contribution in [-0.4, -0.2) is 23.0 Å². The lowest BCUT2D eigenvalue weighted by Crippen LogP contribution is -2.40. The van der Waals surface area contributed by atoms with Crippen LogP contribution >= 0.6 is 0 Å². The minimum absolute atomic E-state index is 0.192. The molecule has 0 aliphatic heterocycles. The van der Waals surface area contributed by atoms with Crippen molar-refractivity contribution < 1.29 is 19.1 Å². The predicted molar refractivity (Wildman–Crippen MR) is 82.1 cm³/mol. The molecule has 5 nitrogen and oxygen atoms in total. The second kappa shape index (κ2) is 6.18. The Morgan fingerprint density at radius 1 is 1.09 bits per heavy atom. The van der Waals surface area contributed by atoms with Gasteiger partial charge in [-0.3, -0.25) is 9.59 Å². The van der Waals surface area contributed by atoms with Crippen LogP contribution in [0.25, 0.3) is 0 Å². The van der Waals surface area contributed by atoms with Gasteiger partial charge in [0.15, 0.2) is 0 Å². The highest BCUT2D eigenvalue weighted by atomic mass is 19.1. The molecule has 0 saturated heterocycles. The van der Waals surface area contributed by atoms with E-state index in [1.54, 1.807) is 6.07 Å². The third kappa shape index (κ3) is 3.22. The molecule has 1 aliphatic rings. The van der Waals surface area contributed by atoms with Gasteiger partial charge >= 0.3 is 11.8 Å². The lowest BCUT2D eigenvalue weighted by molar-refractivity contribution is -0.137. The predicted octanol–water partition coefficient (Wildman–Crippen LogP) is 1.54. The number of benzene rings is 2. The second-order valence-corrected chi connectivity index (χ2v) is 5.39. The Balaban J connectivity index is 1.68. The molecule has 23 heavy (non-hydrogen) atoms. The number of carbonyl (C=O) groups is 2. The van der Waals surface area contributed by atoms with Gasteiger partial charge in [0.2, 0.25) is 0 Å². The van der Waals surface area contributed by atoms with E-state index in [0.29, 0.717) is 6.42 Å². The number of anilines is 1. The van der Waals surface area contributed by atoms with E-state index in [0.717, 1.165) is 17.2 Å². The SMILES string of the molecule is O=C(Nc1cccc(F)c1)C(=O)NC1c2ccccc2CC1O. The average Bonchev–Trinajstić information content (AvgIpc) is 2.83. The Morgan fingerprint density at radius 2 is 1.87 bits per heavy atom. The highest BCUT2D eigenvalue weighted by molar-refractivity contribution is 6.39. The van der Waals surface area contributed by atoms with Crippen molar-refractivity contribution in [3.63, 3.8) is 0 Å². The van der Waals surface area contributed by atoms with Crippen molar-refractivity contribution in [3.05, 3.63) is 65.5 Å². The standard InChI is InChI=1S/C17H15FN2O3/c18-11-5-3-6-12(9-11)19-16(22)17(23)20-15-13-7-2-1-4-10(13)8-14(15)21/h1-7,9,14-15,21H,8H2,(H,19,22)(H,20,23). The monoisotopic (exact) mass is 314 g/mol. The van der Waals surface area contributed by atoms with Crippen LogP contribution in [-0.2, 0) is 16.0 Å². The van der Waals surface area contributed by atoms with E-state index in [-0.39, 0.29) is 5.69 Å². The molecule has 0 bridgehead atoms. The first-order valence-electron chi connectivity index (χ1n) is 7.18. The van der Waals surface area contributed by atoms with Crippen molar-refractivity contribution in [3.8, 4) is 0 Å². The minimum atomic E-state index is -0.910. The molecule has 2 aromatic carbocycles. The van der Waals surface area contributed by atoms with Crippen LogP contribution in [0.1, 0.15) is 17.2 Å². The van der Waals surface area contributed by atoms with Crippen LogP contribution in [0.3, 0.4) is 0 Å². The van der Waals surface area contributed by atoms with Crippen LogP contribution in [0.4, 0.5) is 10.1 Å². The molecule has 118 valence electrons. The number of hydrogen-bond acceptors (Lipinski definition) is 3. The first kappa shape index (κ1) is 15.2. The first-order chi connectivity index (χ1) is 11.0. The Labute approximate surface area is 132 Å². The van der Waals surface area contributed by atoms with Gasteiger partial charge in [-0.2, -0.15) is 0 Å². The van der Waals surface area contributed by atoms with Gasteiger partial charge in [-0.05, 0) is 29.3 Å². The van der Waals surface area contributed by atoms with Crippen molar-refractivity contribution in [1.82, 2.24) is 5.32 Å². The van der Waals surface area contributed by atoms with Crippen molar-refractivity contribution in [2.45, 2.75) is 18.6 Å². The topological polar surface area (TPSA) is 78.4 Å². The summed E-state index contributed by atoms with van der Waals surface area (Å²) in [5, 5.41) is 14.9. The van der Waals surface area contributed by atoms with E-state index in [2.05, 4.69) is 10.6 Å². The van der Waals surface area contributed by atoms with Crippen molar-refractivity contribution in [2.75, 3.05) is 5.32 Å². The summed E-state index contributed by atoms with van der Waals surface area (Å²) in [7, 11) is 0. The van der Waals surface area contributed by atoms with Crippen LogP contribution in [0.5, 0.6) is 0 Å².